The van der Waals surface area contributed by atoms with Gasteiger partial charge in [-0.15, -0.1) is 6.42 Å². The number of rotatable bonds is 6. The van der Waals surface area contributed by atoms with Gasteiger partial charge in [0, 0.05) is 42.8 Å². The van der Waals surface area contributed by atoms with E-state index in [-0.39, 0.29) is 5.41 Å². The Labute approximate surface area is 225 Å². The van der Waals surface area contributed by atoms with Crippen LogP contribution in [-0.4, -0.2) is 32.7 Å². The highest BCUT2D eigenvalue weighted by atomic mass is 15.2. The number of aromatic nitrogens is 4. The van der Waals surface area contributed by atoms with Crippen LogP contribution in [0.3, 0.4) is 0 Å². The van der Waals surface area contributed by atoms with Crippen molar-refractivity contribution in [2.45, 2.75) is 52.9 Å². The third-order valence-corrected chi connectivity index (χ3v) is 7.45. The summed E-state index contributed by atoms with van der Waals surface area (Å²) in [6, 6.07) is 12.8. The maximum atomic E-state index is 9.69. The monoisotopic (exact) mass is 502 g/mol. The maximum absolute atomic E-state index is 9.69. The standard InChI is InChI=1S/C32H34N6/c1-5-28-8-6-24(19-34-28)16-23-11-14-37(15-12-23)30-9-7-26(20-35-30)29-17-25(10-13-32(2,3)4)22-38-31(29)27(18-33)21-36-38/h1,6-9,17,19-23H,10-16H2,2-4H3. The first-order chi connectivity index (χ1) is 18.3. The van der Waals surface area contributed by atoms with Gasteiger partial charge in [0.2, 0.25) is 0 Å². The minimum Gasteiger partial charge on any atom is -0.357 e. The van der Waals surface area contributed by atoms with E-state index in [0.717, 1.165) is 67.7 Å². The van der Waals surface area contributed by atoms with Crippen LogP contribution in [0.5, 0.6) is 0 Å². The summed E-state index contributed by atoms with van der Waals surface area (Å²) in [5, 5.41) is 14.2. The van der Waals surface area contributed by atoms with E-state index in [1.807, 2.05) is 23.0 Å². The van der Waals surface area contributed by atoms with Crippen LogP contribution in [0.15, 0.2) is 55.1 Å². The molecule has 0 aromatic carbocycles. The van der Waals surface area contributed by atoms with Gasteiger partial charge in [-0.2, -0.15) is 10.4 Å². The molecule has 1 aliphatic heterocycles. The number of nitriles is 1. The summed E-state index contributed by atoms with van der Waals surface area (Å²) < 4.78 is 1.85. The lowest BCUT2D eigenvalue weighted by atomic mass is 9.88. The molecule has 0 bridgehead atoms. The van der Waals surface area contributed by atoms with Crippen molar-refractivity contribution >= 4 is 11.3 Å². The molecule has 5 rings (SSSR count). The summed E-state index contributed by atoms with van der Waals surface area (Å²) in [6.07, 6.45) is 18.3. The van der Waals surface area contributed by atoms with Crippen LogP contribution < -0.4 is 4.90 Å². The summed E-state index contributed by atoms with van der Waals surface area (Å²) in [5.41, 5.74) is 6.83. The molecule has 0 saturated carbocycles. The van der Waals surface area contributed by atoms with Crippen LogP contribution in [0.4, 0.5) is 5.82 Å². The van der Waals surface area contributed by atoms with Crippen LogP contribution in [0.2, 0.25) is 0 Å². The van der Waals surface area contributed by atoms with E-state index in [2.05, 4.69) is 78.2 Å². The van der Waals surface area contributed by atoms with E-state index in [0.29, 0.717) is 17.2 Å². The van der Waals surface area contributed by atoms with E-state index >= 15 is 0 Å². The predicted molar refractivity (Wildman–Crippen MR) is 152 cm³/mol. The van der Waals surface area contributed by atoms with Gasteiger partial charge in [0.25, 0.3) is 0 Å². The lowest BCUT2D eigenvalue weighted by Crippen LogP contribution is -2.34. The van der Waals surface area contributed by atoms with Gasteiger partial charge >= 0.3 is 0 Å². The lowest BCUT2D eigenvalue weighted by Gasteiger charge is -2.33. The summed E-state index contributed by atoms with van der Waals surface area (Å²) in [7, 11) is 0. The van der Waals surface area contributed by atoms with Crippen LogP contribution in [-0.2, 0) is 12.8 Å². The molecule has 5 heterocycles. The smallest absolute Gasteiger partial charge is 0.128 e. The molecule has 0 radical (unpaired) electrons. The number of nitrogens with zero attached hydrogens (tertiary/aromatic N) is 6. The van der Waals surface area contributed by atoms with Gasteiger partial charge in [-0.25, -0.2) is 14.5 Å². The van der Waals surface area contributed by atoms with Crippen molar-refractivity contribution in [3.8, 4) is 29.5 Å². The second kappa shape index (κ2) is 10.7. The normalized spacial score (nSPS) is 14.4. The number of hydrogen-bond donors (Lipinski definition) is 0. The second-order valence-electron chi connectivity index (χ2n) is 11.5. The van der Waals surface area contributed by atoms with Crippen molar-refractivity contribution in [3.05, 3.63) is 77.5 Å². The summed E-state index contributed by atoms with van der Waals surface area (Å²) in [6.45, 7) is 8.75. The largest absolute Gasteiger partial charge is 0.357 e. The summed E-state index contributed by atoms with van der Waals surface area (Å²) in [5.74, 6) is 4.22. The highest BCUT2D eigenvalue weighted by Crippen LogP contribution is 2.31. The Hall–Kier alpha value is -4.16. The number of hydrogen-bond acceptors (Lipinski definition) is 5. The number of anilines is 1. The summed E-state index contributed by atoms with van der Waals surface area (Å²) >= 11 is 0. The first-order valence-electron chi connectivity index (χ1n) is 13.4. The fourth-order valence-electron chi connectivity index (χ4n) is 5.20. The maximum Gasteiger partial charge on any atom is 0.128 e. The van der Waals surface area contributed by atoms with Gasteiger partial charge in [-0.05, 0) is 78.8 Å². The van der Waals surface area contributed by atoms with Crippen molar-refractivity contribution in [1.29, 1.82) is 5.26 Å². The van der Waals surface area contributed by atoms with Crippen LogP contribution in [0.1, 0.15) is 62.4 Å². The van der Waals surface area contributed by atoms with E-state index in [9.17, 15) is 5.26 Å². The second-order valence-corrected chi connectivity index (χ2v) is 11.5. The molecule has 6 nitrogen and oxygen atoms in total. The van der Waals surface area contributed by atoms with Crippen molar-refractivity contribution in [2.24, 2.45) is 11.3 Å². The van der Waals surface area contributed by atoms with Crippen LogP contribution in [0.25, 0.3) is 16.6 Å². The molecule has 1 fully saturated rings. The number of terminal acetylenes is 1. The first kappa shape index (κ1) is 25.5. The quantitative estimate of drug-likeness (QED) is 0.299. The molecular formula is C32H34N6. The SMILES string of the molecule is C#Cc1ccc(CC2CCN(c3ccc(-c4cc(CCC(C)(C)C)cn5ncc(C#N)c45)cn3)CC2)cn1. The number of pyridine rings is 3. The molecular weight excluding hydrogens is 468 g/mol. The lowest BCUT2D eigenvalue weighted by molar-refractivity contribution is 0.378. The minimum absolute atomic E-state index is 0.247. The van der Waals surface area contributed by atoms with Gasteiger partial charge in [-0.1, -0.05) is 32.8 Å². The van der Waals surface area contributed by atoms with Gasteiger partial charge in [-0.3, -0.25) is 0 Å². The average Bonchev–Trinajstić information content (AvgIpc) is 3.35. The fraction of sp³-hybridized carbons (Fsp3) is 0.375. The predicted octanol–water partition coefficient (Wildman–Crippen LogP) is 6.08. The molecule has 6 heteroatoms. The van der Waals surface area contributed by atoms with Crippen molar-refractivity contribution < 1.29 is 0 Å². The van der Waals surface area contributed by atoms with Crippen LogP contribution >= 0.6 is 0 Å². The van der Waals surface area contributed by atoms with Gasteiger partial charge < -0.3 is 4.90 Å². The Morgan fingerprint density at radius 1 is 1.03 bits per heavy atom. The molecule has 1 aliphatic rings. The molecule has 1 saturated heterocycles. The number of fused-ring (bicyclic) bond motifs is 1. The Balaban J connectivity index is 1.31. The first-order valence-corrected chi connectivity index (χ1v) is 13.4. The van der Waals surface area contributed by atoms with Gasteiger partial charge in [0.15, 0.2) is 0 Å². The molecule has 0 N–H and O–H groups in total. The topological polar surface area (TPSA) is 70.1 Å². The zero-order chi connectivity index (χ0) is 26.7. The van der Waals surface area contributed by atoms with Gasteiger partial charge in [0.05, 0.1) is 17.3 Å². The van der Waals surface area contributed by atoms with Crippen molar-refractivity contribution in [1.82, 2.24) is 19.6 Å². The molecule has 0 spiro atoms. The Morgan fingerprint density at radius 2 is 1.84 bits per heavy atom. The molecule has 0 atom stereocenters. The van der Waals surface area contributed by atoms with Crippen molar-refractivity contribution in [2.75, 3.05) is 18.0 Å². The van der Waals surface area contributed by atoms with Gasteiger partial charge in [0.1, 0.15) is 17.6 Å². The Kier molecular flexibility index (Phi) is 7.16. The Morgan fingerprint density at radius 3 is 2.47 bits per heavy atom. The average molecular weight is 503 g/mol. The summed E-state index contributed by atoms with van der Waals surface area (Å²) in [4.78, 5) is 11.6. The minimum atomic E-state index is 0.247. The molecule has 0 amide bonds. The highest BCUT2D eigenvalue weighted by molar-refractivity contribution is 5.84. The zero-order valence-corrected chi connectivity index (χ0v) is 22.5. The van der Waals surface area contributed by atoms with E-state index in [1.54, 1.807) is 6.20 Å². The molecule has 0 aliphatic carbocycles. The molecule has 38 heavy (non-hydrogen) atoms. The highest BCUT2D eigenvalue weighted by Gasteiger charge is 2.21. The molecule has 4 aromatic heterocycles. The molecule has 192 valence electrons. The Bertz CT molecular complexity index is 1490. The van der Waals surface area contributed by atoms with E-state index < -0.39 is 0 Å². The number of piperidine rings is 1. The van der Waals surface area contributed by atoms with Crippen molar-refractivity contribution in [3.63, 3.8) is 0 Å². The molecule has 0 unspecified atom stereocenters. The van der Waals surface area contributed by atoms with E-state index in [4.69, 9.17) is 11.4 Å². The third kappa shape index (κ3) is 5.71. The van der Waals surface area contributed by atoms with Crippen LogP contribution in [0, 0.1) is 35.0 Å². The number of aryl methyl sites for hydroxylation is 1. The zero-order valence-electron chi connectivity index (χ0n) is 22.5. The fourth-order valence-corrected chi connectivity index (χ4v) is 5.20. The molecule has 4 aromatic rings. The third-order valence-electron chi connectivity index (χ3n) is 7.45. The van der Waals surface area contributed by atoms with E-state index in [1.165, 1.54) is 11.1 Å².